The molecule has 2 atom stereocenters. The first-order valence-electron chi connectivity index (χ1n) is 13.4. The van der Waals surface area contributed by atoms with Crippen molar-refractivity contribution in [1.82, 2.24) is 0 Å². The zero-order valence-electron chi connectivity index (χ0n) is 23.5. The Labute approximate surface area is 283 Å². The summed E-state index contributed by atoms with van der Waals surface area (Å²) in [6, 6.07) is 9.36. The van der Waals surface area contributed by atoms with Crippen LogP contribution in [0.4, 0.5) is 42.1 Å². The number of anilines is 2. The zero-order valence-corrected chi connectivity index (χ0v) is 27.3. The number of hydrogen-bond donors (Lipinski definition) is 2. The van der Waals surface area contributed by atoms with E-state index >= 15 is 0 Å². The number of amides is 2. The Morgan fingerprint density at radius 3 is 1.78 bits per heavy atom. The second-order valence-corrected chi connectivity index (χ2v) is 13.2. The van der Waals surface area contributed by atoms with E-state index in [9.17, 15) is 40.3 Å². The minimum absolute atomic E-state index is 0.0952. The normalized spacial score (nSPS) is 17.9. The Morgan fingerprint density at radius 2 is 1.30 bits per heavy atom. The van der Waals surface area contributed by atoms with Crippen LogP contribution >= 0.6 is 58.0 Å². The monoisotopic (exact) mass is 750 g/mol. The molecule has 0 aliphatic heterocycles. The number of rotatable bonds is 8. The molecule has 16 heteroatoms. The highest BCUT2D eigenvalue weighted by atomic mass is 35.5. The fraction of sp³-hybridized carbons (Fsp3) is 0.333. The Hall–Kier alpha value is -2.44. The fourth-order valence-electron chi connectivity index (χ4n) is 5.17. The average Bonchev–Trinajstić information content (AvgIpc) is 3.53. The molecule has 2 N–H and O–H groups in total. The molecule has 1 fully saturated rings. The number of nitrogens with one attached hydrogen (secondary N) is 2. The molecule has 1 saturated carbocycles. The molecule has 4 rings (SSSR count). The van der Waals surface area contributed by atoms with E-state index in [2.05, 4.69) is 10.6 Å². The van der Waals surface area contributed by atoms with E-state index in [1.807, 2.05) is 0 Å². The van der Waals surface area contributed by atoms with Gasteiger partial charge in [-0.25, -0.2) is 4.39 Å². The summed E-state index contributed by atoms with van der Waals surface area (Å²) >= 11 is 31.2. The predicted molar refractivity (Wildman–Crippen MR) is 165 cm³/mol. The largest absolute Gasteiger partial charge is 0.435 e. The van der Waals surface area contributed by atoms with Gasteiger partial charge in [-0.15, -0.1) is 23.2 Å². The molecular weight excluding hydrogens is 731 g/mol. The first-order valence-corrected chi connectivity index (χ1v) is 15.3. The van der Waals surface area contributed by atoms with Gasteiger partial charge in [0.1, 0.15) is 4.33 Å². The summed E-state index contributed by atoms with van der Waals surface area (Å²) in [5.41, 5.74) is -7.34. The smallest absolute Gasteiger partial charge is 0.326 e. The third kappa shape index (κ3) is 6.76. The number of carbonyl (C=O) groups is 2. The molecular formula is C30H22Cl5F7N2O2. The van der Waals surface area contributed by atoms with Gasteiger partial charge >= 0.3 is 18.0 Å². The second-order valence-electron chi connectivity index (χ2n) is 10.5. The Kier molecular flexibility index (Phi) is 10.2. The average molecular weight is 753 g/mol. The van der Waals surface area contributed by atoms with Crippen molar-refractivity contribution in [3.05, 3.63) is 91.4 Å². The number of alkyl halides is 9. The number of benzene rings is 3. The number of halogens is 12. The van der Waals surface area contributed by atoms with Gasteiger partial charge < -0.3 is 10.6 Å². The summed E-state index contributed by atoms with van der Waals surface area (Å²) in [6.45, 7) is 2.82. The van der Waals surface area contributed by atoms with Crippen LogP contribution in [0, 0.1) is 5.92 Å². The van der Waals surface area contributed by atoms with Crippen molar-refractivity contribution < 1.29 is 40.3 Å². The van der Waals surface area contributed by atoms with Gasteiger partial charge in [0.15, 0.2) is 0 Å². The summed E-state index contributed by atoms with van der Waals surface area (Å²) in [6.07, 6.45) is -12.9. The van der Waals surface area contributed by atoms with Gasteiger partial charge in [0, 0.05) is 32.9 Å². The Balaban J connectivity index is 1.62. The van der Waals surface area contributed by atoms with Crippen molar-refractivity contribution in [1.29, 1.82) is 0 Å². The highest BCUT2D eigenvalue weighted by molar-refractivity contribution is 6.53. The maximum atomic E-state index is 14.9. The fourth-order valence-corrected chi connectivity index (χ4v) is 6.75. The van der Waals surface area contributed by atoms with E-state index in [-0.39, 0.29) is 45.9 Å². The molecule has 248 valence electrons. The lowest BCUT2D eigenvalue weighted by Gasteiger charge is -2.31. The quantitative estimate of drug-likeness (QED) is 0.178. The van der Waals surface area contributed by atoms with E-state index in [4.69, 9.17) is 58.0 Å². The molecule has 0 aromatic heterocycles. The van der Waals surface area contributed by atoms with Crippen molar-refractivity contribution in [3.63, 3.8) is 0 Å². The lowest BCUT2D eigenvalue weighted by Crippen LogP contribution is -2.50. The number of carbonyl (C=O) groups excluding carboxylic acids is 2. The molecule has 4 nitrogen and oxygen atoms in total. The summed E-state index contributed by atoms with van der Waals surface area (Å²) in [4.78, 5) is 26.5. The van der Waals surface area contributed by atoms with E-state index in [0.717, 1.165) is 0 Å². The molecule has 3 aromatic rings. The van der Waals surface area contributed by atoms with Gasteiger partial charge in [0.05, 0.1) is 16.5 Å². The lowest BCUT2D eigenvalue weighted by molar-refractivity contribution is -0.348. The van der Waals surface area contributed by atoms with Crippen molar-refractivity contribution in [2.24, 2.45) is 5.92 Å². The minimum Gasteiger partial charge on any atom is -0.326 e. The van der Waals surface area contributed by atoms with Gasteiger partial charge in [0.25, 0.3) is 5.91 Å². The van der Waals surface area contributed by atoms with Gasteiger partial charge in [-0.05, 0) is 78.1 Å². The van der Waals surface area contributed by atoms with Gasteiger partial charge in [-0.1, -0.05) is 48.7 Å². The van der Waals surface area contributed by atoms with Crippen LogP contribution in [0.5, 0.6) is 0 Å². The maximum Gasteiger partial charge on any atom is 0.435 e. The molecule has 1 aliphatic rings. The standard InChI is InChI=1S/C30H22Cl5F7N2O2/c1-3-13-7-16(28(36,29(37,38)39)30(40,41)42)8-14(4-2)24(13)44-25(45)20-12-19(5-6-21(20)33)43-26(46)23-22(27(23,34)35)15-9-17(31)11-18(32)10-15/h5-12,22-23H,3-4H2,1-2H3,(H,43,46)(H,44,45)/t22-,23+/m1/s1. The van der Waals surface area contributed by atoms with E-state index in [1.165, 1.54) is 38.1 Å². The second kappa shape index (κ2) is 12.9. The molecule has 46 heavy (non-hydrogen) atoms. The van der Waals surface area contributed by atoms with Crippen LogP contribution in [-0.2, 0) is 23.3 Å². The Bertz CT molecular complexity index is 1640. The summed E-state index contributed by atoms with van der Waals surface area (Å²) in [5, 5.41) is 5.60. The van der Waals surface area contributed by atoms with Crippen LogP contribution in [-0.4, -0.2) is 28.5 Å². The summed E-state index contributed by atoms with van der Waals surface area (Å²) < 4.78 is 94.2. The van der Waals surface area contributed by atoms with Crippen molar-refractivity contribution in [3.8, 4) is 0 Å². The molecule has 2 amide bonds. The summed E-state index contributed by atoms with van der Waals surface area (Å²) in [7, 11) is 0. The lowest BCUT2D eigenvalue weighted by atomic mass is 9.88. The molecule has 0 bridgehead atoms. The maximum absolute atomic E-state index is 14.9. The molecule has 0 saturated heterocycles. The van der Waals surface area contributed by atoms with Gasteiger partial charge in [0.2, 0.25) is 5.91 Å². The van der Waals surface area contributed by atoms with Crippen molar-refractivity contribution >= 4 is 81.2 Å². The van der Waals surface area contributed by atoms with E-state index in [1.54, 1.807) is 12.1 Å². The first-order chi connectivity index (χ1) is 21.2. The number of aryl methyl sites for hydroxylation is 2. The number of hydrogen-bond acceptors (Lipinski definition) is 2. The third-order valence-corrected chi connectivity index (χ3v) is 9.25. The topological polar surface area (TPSA) is 58.2 Å². The molecule has 3 aromatic carbocycles. The van der Waals surface area contributed by atoms with Crippen molar-refractivity contribution in [2.75, 3.05) is 10.6 Å². The minimum atomic E-state index is -6.31. The van der Waals surface area contributed by atoms with Gasteiger partial charge in [-0.2, -0.15) is 26.3 Å². The molecule has 0 spiro atoms. The third-order valence-electron chi connectivity index (χ3n) is 7.54. The van der Waals surface area contributed by atoms with Crippen molar-refractivity contribution in [2.45, 2.75) is 55.0 Å². The van der Waals surface area contributed by atoms with Crippen LogP contribution in [0.1, 0.15) is 52.4 Å². The molecule has 1 aliphatic carbocycles. The summed E-state index contributed by atoms with van der Waals surface area (Å²) in [5.74, 6) is -3.12. The van der Waals surface area contributed by atoms with Gasteiger partial charge in [-0.3, -0.25) is 9.59 Å². The van der Waals surface area contributed by atoms with Crippen LogP contribution in [0.3, 0.4) is 0 Å². The zero-order chi connectivity index (χ0) is 34.6. The van der Waals surface area contributed by atoms with Crippen LogP contribution in [0.25, 0.3) is 0 Å². The first kappa shape index (κ1) is 36.4. The predicted octanol–water partition coefficient (Wildman–Crippen LogP) is 10.8. The SMILES string of the molecule is CCc1cc(C(F)(C(F)(F)F)C(F)(F)F)cc(CC)c1NC(=O)c1cc(NC(=O)[C@@H]2[C@@H](c3cc(Cl)cc(Cl)c3)C2(Cl)Cl)ccc1Cl. The highest BCUT2D eigenvalue weighted by Crippen LogP contribution is 2.65. The van der Waals surface area contributed by atoms with Crippen LogP contribution in [0.15, 0.2) is 48.5 Å². The van der Waals surface area contributed by atoms with E-state index < -0.39 is 51.6 Å². The molecule has 0 heterocycles. The van der Waals surface area contributed by atoms with Crippen LogP contribution < -0.4 is 10.6 Å². The van der Waals surface area contributed by atoms with E-state index in [0.29, 0.717) is 27.7 Å². The highest BCUT2D eigenvalue weighted by Gasteiger charge is 2.73. The molecule has 0 unspecified atom stereocenters. The van der Waals surface area contributed by atoms with Crippen LogP contribution in [0.2, 0.25) is 15.1 Å². The molecule has 0 radical (unpaired) electrons. The Morgan fingerprint density at radius 1 is 0.783 bits per heavy atom.